The molecule has 1 aromatic heterocycles. The maximum atomic E-state index is 12.1. The van der Waals surface area contributed by atoms with Gasteiger partial charge >= 0.3 is 5.69 Å². The molecular formula is C15H21N5O16P2-2. The summed E-state index contributed by atoms with van der Waals surface area (Å²) >= 11 is 0. The van der Waals surface area contributed by atoms with E-state index in [1.165, 1.54) is 0 Å². The van der Waals surface area contributed by atoms with Crippen molar-refractivity contribution in [2.75, 3.05) is 13.2 Å². The Morgan fingerprint density at radius 3 is 2.32 bits per heavy atom. The third-order valence-corrected chi connectivity index (χ3v) is 7.82. The molecule has 23 heteroatoms. The van der Waals surface area contributed by atoms with Gasteiger partial charge in [-0.1, -0.05) is 5.11 Å². The molecule has 0 radical (unpaired) electrons. The average Bonchev–Trinajstić information content (AvgIpc) is 3.10. The summed E-state index contributed by atoms with van der Waals surface area (Å²) in [5.74, 6) is 0. The van der Waals surface area contributed by atoms with Crippen LogP contribution >= 0.6 is 15.6 Å². The fraction of sp³-hybridized carbons (Fsp3) is 0.733. The van der Waals surface area contributed by atoms with E-state index in [1.54, 1.807) is 0 Å². The molecule has 3 rings (SSSR count). The van der Waals surface area contributed by atoms with Crippen molar-refractivity contribution in [2.45, 2.75) is 55.2 Å². The molecule has 2 fully saturated rings. The molecule has 0 spiro atoms. The van der Waals surface area contributed by atoms with Gasteiger partial charge in [-0.3, -0.25) is 28.0 Å². The number of H-pyrrole nitrogens is 1. The summed E-state index contributed by atoms with van der Waals surface area (Å²) < 4.78 is 47.5. The topological polar surface area (TPSA) is 331 Å². The fourth-order valence-electron chi connectivity index (χ4n) is 3.45. The number of nitrogens with one attached hydrogen (secondary N) is 1. The zero-order valence-corrected chi connectivity index (χ0v) is 20.5. The number of phosphoric ester groups is 2. The first kappa shape index (κ1) is 30.5. The molecule has 0 aromatic carbocycles. The summed E-state index contributed by atoms with van der Waals surface area (Å²) in [4.78, 5) is 51.5. The molecule has 0 amide bonds. The summed E-state index contributed by atoms with van der Waals surface area (Å²) in [6.45, 7) is -1.76. The number of aromatic amines is 1. The predicted octanol–water partition coefficient (Wildman–Crippen LogP) is -4.74. The van der Waals surface area contributed by atoms with Crippen molar-refractivity contribution in [2.24, 2.45) is 5.11 Å². The Labute approximate surface area is 210 Å². The van der Waals surface area contributed by atoms with Gasteiger partial charge in [0, 0.05) is 17.2 Å². The van der Waals surface area contributed by atoms with Crippen LogP contribution in [-0.4, -0.2) is 97.3 Å². The van der Waals surface area contributed by atoms with Gasteiger partial charge in [-0.05, 0) is 5.53 Å². The number of aromatic nitrogens is 2. The molecule has 21 nitrogen and oxygen atoms in total. The van der Waals surface area contributed by atoms with E-state index in [0.717, 1.165) is 12.3 Å². The normalized spacial score (nSPS) is 36.7. The first-order valence-electron chi connectivity index (χ1n) is 10.4. The molecule has 214 valence electrons. The van der Waals surface area contributed by atoms with Crippen molar-refractivity contribution >= 4 is 15.6 Å². The molecule has 2 saturated heterocycles. The van der Waals surface area contributed by atoms with E-state index in [0.29, 0.717) is 4.57 Å². The van der Waals surface area contributed by atoms with E-state index in [-0.39, 0.29) is 0 Å². The molecule has 6 N–H and O–H groups in total. The van der Waals surface area contributed by atoms with Crippen LogP contribution in [0.1, 0.15) is 6.23 Å². The number of aliphatic hydroxyl groups is 5. The molecule has 0 aliphatic carbocycles. The van der Waals surface area contributed by atoms with Gasteiger partial charge in [-0.2, -0.15) is 0 Å². The summed E-state index contributed by atoms with van der Waals surface area (Å²) in [5.41, 5.74) is 6.56. The molecule has 4 unspecified atom stereocenters. The maximum Gasteiger partial charge on any atom is 0.330 e. The second kappa shape index (κ2) is 12.0. The Hall–Kier alpha value is -2.03. The molecule has 38 heavy (non-hydrogen) atoms. The number of aliphatic hydroxyl groups excluding tert-OH is 5. The van der Waals surface area contributed by atoms with Crippen LogP contribution in [0.5, 0.6) is 0 Å². The summed E-state index contributed by atoms with van der Waals surface area (Å²) in [6, 6.07) is 0.908. The minimum atomic E-state index is -5.94. The highest BCUT2D eigenvalue weighted by atomic mass is 31.3. The van der Waals surface area contributed by atoms with Crippen LogP contribution in [0.15, 0.2) is 27.0 Å². The zero-order chi connectivity index (χ0) is 28.4. The van der Waals surface area contributed by atoms with Crippen LogP contribution < -0.4 is 21.0 Å². The molecule has 0 bridgehead atoms. The minimum absolute atomic E-state index is 0.629. The Kier molecular flexibility index (Phi) is 9.64. The Morgan fingerprint density at radius 2 is 1.68 bits per heavy atom. The van der Waals surface area contributed by atoms with Gasteiger partial charge in [-0.25, -0.2) is 9.11 Å². The number of ether oxygens (including phenoxy) is 2. The molecule has 3 heterocycles. The summed E-state index contributed by atoms with van der Waals surface area (Å²) in [7, 11) is -11.8. The van der Waals surface area contributed by atoms with E-state index in [2.05, 4.69) is 23.4 Å². The number of phosphoric acid groups is 2. The number of azide groups is 1. The highest BCUT2D eigenvalue weighted by Crippen LogP contribution is 2.57. The predicted molar refractivity (Wildman–Crippen MR) is 111 cm³/mol. The third-order valence-electron chi connectivity index (χ3n) is 5.29. The maximum absolute atomic E-state index is 12.1. The molecule has 2 aliphatic heterocycles. The van der Waals surface area contributed by atoms with Crippen molar-refractivity contribution in [1.29, 1.82) is 0 Å². The highest BCUT2D eigenvalue weighted by molar-refractivity contribution is 7.59. The first-order chi connectivity index (χ1) is 17.7. The average molecular weight is 589 g/mol. The van der Waals surface area contributed by atoms with Gasteiger partial charge in [0.05, 0.1) is 19.3 Å². The smallest absolute Gasteiger partial charge is 0.330 e. The first-order valence-corrected chi connectivity index (χ1v) is 13.3. The van der Waals surface area contributed by atoms with E-state index in [9.17, 15) is 54.0 Å². The molecule has 0 saturated carbocycles. The molecule has 2 aliphatic rings. The Morgan fingerprint density at radius 1 is 1.03 bits per heavy atom. The quantitative estimate of drug-likeness (QED) is 0.0645. The second-order valence-electron chi connectivity index (χ2n) is 7.87. The minimum Gasteiger partial charge on any atom is -0.756 e. The monoisotopic (exact) mass is 589 g/mol. The van der Waals surface area contributed by atoms with Crippen LogP contribution in [0.3, 0.4) is 0 Å². The van der Waals surface area contributed by atoms with Gasteiger partial charge in [0.1, 0.15) is 36.6 Å². The van der Waals surface area contributed by atoms with Crippen LogP contribution in [-0.2, 0) is 32.0 Å². The van der Waals surface area contributed by atoms with Crippen LogP contribution in [0, 0.1) is 0 Å². The van der Waals surface area contributed by atoms with E-state index in [1.807, 2.05) is 4.98 Å². The van der Waals surface area contributed by atoms with Crippen molar-refractivity contribution in [3.63, 3.8) is 0 Å². The van der Waals surface area contributed by atoms with Gasteiger partial charge in [-0.15, -0.1) is 0 Å². The largest absolute Gasteiger partial charge is 0.756 e. The van der Waals surface area contributed by atoms with Crippen molar-refractivity contribution < 1.29 is 67.3 Å². The number of hydrogen-bond acceptors (Lipinski definition) is 17. The third kappa shape index (κ3) is 7.13. The lowest BCUT2D eigenvalue weighted by atomic mass is 9.99. The lowest BCUT2D eigenvalue weighted by Gasteiger charge is -2.42. The van der Waals surface area contributed by atoms with E-state index < -0.39 is 95.3 Å². The number of nitrogens with zero attached hydrogens (tertiary/aromatic N) is 4. The van der Waals surface area contributed by atoms with Crippen molar-refractivity contribution in [1.82, 2.24) is 9.55 Å². The standard InChI is InChI=1S/C15H23N5O16P2/c16-19-17-3-5-8(22)10(24)12(26)14(34-5)35-38(30,31)36-37(28,29)32-4-6-9(23)11(25)13(33-6)20-2-1-7(21)18-15(20)27/h1-2,5-6,8-14,22-26H,3-4H2,(H,28,29)(H,30,31)(H,18,21,27)/p-2/t5-,6-,8+,9+,10+,11?,12-,13-,14?/m1/s1. The van der Waals surface area contributed by atoms with Crippen LogP contribution in [0.25, 0.3) is 10.4 Å². The van der Waals surface area contributed by atoms with Crippen molar-refractivity contribution in [3.05, 3.63) is 43.5 Å². The lowest BCUT2D eigenvalue weighted by Crippen LogP contribution is -2.58. The van der Waals surface area contributed by atoms with Gasteiger partial charge in [0.25, 0.3) is 21.2 Å². The van der Waals surface area contributed by atoms with Gasteiger partial charge < -0.3 is 49.3 Å². The summed E-state index contributed by atoms with van der Waals surface area (Å²) in [5, 5.41) is 52.9. The zero-order valence-electron chi connectivity index (χ0n) is 18.7. The van der Waals surface area contributed by atoms with E-state index >= 15 is 0 Å². The number of rotatable bonds is 10. The summed E-state index contributed by atoms with van der Waals surface area (Å²) in [6.07, 6.45) is -15.9. The van der Waals surface area contributed by atoms with Gasteiger partial charge in [0.15, 0.2) is 12.5 Å². The molecule has 11 atom stereocenters. The molecular weight excluding hydrogens is 568 g/mol. The van der Waals surface area contributed by atoms with Gasteiger partial charge in [0.2, 0.25) is 0 Å². The van der Waals surface area contributed by atoms with Crippen LogP contribution in [0.4, 0.5) is 0 Å². The fourth-order valence-corrected chi connectivity index (χ4v) is 5.53. The van der Waals surface area contributed by atoms with E-state index in [4.69, 9.17) is 15.0 Å². The lowest BCUT2D eigenvalue weighted by molar-refractivity contribution is -0.300. The Bertz CT molecular complexity index is 1250. The highest BCUT2D eigenvalue weighted by Gasteiger charge is 2.47. The Balaban J connectivity index is 1.62. The van der Waals surface area contributed by atoms with Crippen molar-refractivity contribution in [3.8, 4) is 0 Å². The molecule has 1 aromatic rings. The SMILES string of the molecule is [N-]=[N+]=NC[C@H]1OC(OP(=O)([O-])OP(=O)([O-])OC[C@H]2O[C@@H](n3ccc(=O)[nH]c3=O)C(O)[C@H]2O)[C@H](O)[C@@H](O)[C@H]1O. The second-order valence-corrected chi connectivity index (χ2v) is 10.8. The van der Waals surface area contributed by atoms with Crippen LogP contribution in [0.2, 0.25) is 0 Å². The number of hydrogen-bond donors (Lipinski definition) is 6.